The fourth-order valence-corrected chi connectivity index (χ4v) is 2.65. The number of hydrogen-bond donors (Lipinski definition) is 2. The predicted molar refractivity (Wildman–Crippen MR) is 81.8 cm³/mol. The third kappa shape index (κ3) is 3.90. The van der Waals surface area contributed by atoms with E-state index >= 15 is 0 Å². The maximum absolute atomic E-state index is 9.27. The van der Waals surface area contributed by atoms with Crippen LogP contribution in [0.15, 0.2) is 46.9 Å². The normalized spacial score (nSPS) is 10.7. The van der Waals surface area contributed by atoms with Gasteiger partial charge in [-0.15, -0.1) is 0 Å². The second-order valence-electron chi connectivity index (χ2n) is 4.63. The van der Waals surface area contributed by atoms with Crippen LogP contribution in [0.25, 0.3) is 0 Å². The molecule has 0 saturated heterocycles. The van der Waals surface area contributed by atoms with Crippen LogP contribution >= 0.6 is 15.9 Å². The number of halogens is 1. The van der Waals surface area contributed by atoms with Gasteiger partial charge in [-0.3, -0.25) is 0 Å². The summed E-state index contributed by atoms with van der Waals surface area (Å²) >= 11 is 3.58. The summed E-state index contributed by atoms with van der Waals surface area (Å²) in [4.78, 5) is 0. The van der Waals surface area contributed by atoms with Gasteiger partial charge in [-0.2, -0.15) is 0 Å². The topological polar surface area (TPSA) is 32.3 Å². The fraction of sp³-hybridized carbons (Fsp3) is 0.250. The lowest BCUT2D eigenvalue weighted by Gasteiger charge is -2.10. The van der Waals surface area contributed by atoms with Crippen LogP contribution in [0.2, 0.25) is 0 Å². The van der Waals surface area contributed by atoms with E-state index in [1.54, 1.807) is 0 Å². The molecule has 0 aliphatic carbocycles. The summed E-state index contributed by atoms with van der Waals surface area (Å²) < 4.78 is 1.13. The number of rotatable bonds is 5. The molecule has 100 valence electrons. The average molecular weight is 320 g/mol. The Bertz CT molecular complexity index is 554. The van der Waals surface area contributed by atoms with Crippen LogP contribution in [0.3, 0.4) is 0 Å². The molecule has 0 bridgehead atoms. The highest BCUT2D eigenvalue weighted by Crippen LogP contribution is 2.18. The van der Waals surface area contributed by atoms with Crippen molar-refractivity contribution >= 4 is 15.9 Å². The third-order valence-corrected chi connectivity index (χ3v) is 3.87. The van der Waals surface area contributed by atoms with Gasteiger partial charge in [-0.25, -0.2) is 0 Å². The van der Waals surface area contributed by atoms with Gasteiger partial charge in [-0.1, -0.05) is 52.3 Å². The van der Waals surface area contributed by atoms with Crippen molar-refractivity contribution in [3.8, 4) is 0 Å². The lowest BCUT2D eigenvalue weighted by Crippen LogP contribution is -2.14. The van der Waals surface area contributed by atoms with Gasteiger partial charge < -0.3 is 10.4 Å². The molecule has 2 aromatic rings. The monoisotopic (exact) mass is 319 g/mol. The largest absolute Gasteiger partial charge is 0.392 e. The maximum Gasteiger partial charge on any atom is 0.0685 e. The minimum absolute atomic E-state index is 0.0894. The van der Waals surface area contributed by atoms with Gasteiger partial charge in [-0.05, 0) is 35.2 Å². The highest BCUT2D eigenvalue weighted by atomic mass is 79.9. The van der Waals surface area contributed by atoms with Gasteiger partial charge in [0.2, 0.25) is 0 Å². The molecule has 2 nitrogen and oxygen atoms in total. The zero-order chi connectivity index (χ0) is 13.7. The molecule has 19 heavy (non-hydrogen) atoms. The highest BCUT2D eigenvalue weighted by molar-refractivity contribution is 9.10. The zero-order valence-corrected chi connectivity index (χ0v) is 12.6. The average Bonchev–Trinajstić information content (AvgIpc) is 2.42. The van der Waals surface area contributed by atoms with Gasteiger partial charge in [0.15, 0.2) is 0 Å². The molecule has 0 atom stereocenters. The Morgan fingerprint density at radius 3 is 2.37 bits per heavy atom. The molecule has 0 saturated carbocycles. The number of hydrogen-bond acceptors (Lipinski definition) is 2. The van der Waals surface area contributed by atoms with Gasteiger partial charge >= 0.3 is 0 Å². The predicted octanol–water partition coefficient (Wildman–Crippen LogP) is 3.54. The minimum atomic E-state index is 0.0894. The molecule has 3 heteroatoms. The number of aryl methyl sites for hydroxylation is 1. The van der Waals surface area contributed by atoms with E-state index in [0.29, 0.717) is 0 Å². The molecule has 0 fully saturated rings. The van der Waals surface area contributed by atoms with Crippen molar-refractivity contribution in [3.05, 3.63) is 69.2 Å². The molecular formula is C16H18BrNO. The Balaban J connectivity index is 1.96. The van der Waals surface area contributed by atoms with Crippen molar-refractivity contribution in [2.45, 2.75) is 26.6 Å². The van der Waals surface area contributed by atoms with Gasteiger partial charge in [0.1, 0.15) is 0 Å². The first-order valence-electron chi connectivity index (χ1n) is 6.34. The molecule has 0 amide bonds. The molecule has 0 spiro atoms. The minimum Gasteiger partial charge on any atom is -0.392 e. The van der Waals surface area contributed by atoms with Crippen LogP contribution in [0.1, 0.15) is 22.3 Å². The molecule has 0 heterocycles. The summed E-state index contributed by atoms with van der Waals surface area (Å²) in [6.07, 6.45) is 0. The fourth-order valence-electron chi connectivity index (χ4n) is 2.01. The number of aliphatic hydroxyl groups is 1. The van der Waals surface area contributed by atoms with E-state index in [2.05, 4.69) is 46.4 Å². The first kappa shape index (κ1) is 14.3. The smallest absolute Gasteiger partial charge is 0.0685 e. The van der Waals surface area contributed by atoms with Crippen molar-refractivity contribution in [2.75, 3.05) is 0 Å². The Kier molecular flexibility index (Phi) is 5.14. The second-order valence-corrected chi connectivity index (χ2v) is 5.48. The zero-order valence-electron chi connectivity index (χ0n) is 11.0. The molecule has 0 aliphatic rings. The molecule has 0 radical (unpaired) electrons. The summed E-state index contributed by atoms with van der Waals surface area (Å²) in [5.41, 5.74) is 4.62. The van der Waals surface area contributed by atoms with E-state index in [4.69, 9.17) is 0 Å². The highest BCUT2D eigenvalue weighted by Gasteiger charge is 2.02. The van der Waals surface area contributed by atoms with Gasteiger partial charge in [0.25, 0.3) is 0 Å². The van der Waals surface area contributed by atoms with Crippen molar-refractivity contribution in [3.63, 3.8) is 0 Å². The SMILES string of the molecule is Cc1ccc(CNCc2ccccc2CO)c(Br)c1. The van der Waals surface area contributed by atoms with E-state index in [0.717, 1.165) is 28.7 Å². The molecule has 0 aliphatic heterocycles. The summed E-state index contributed by atoms with van der Waals surface area (Å²) in [5.74, 6) is 0. The molecule has 2 N–H and O–H groups in total. The van der Waals surface area contributed by atoms with Crippen LogP contribution in [0.5, 0.6) is 0 Å². The number of aliphatic hydroxyl groups excluding tert-OH is 1. The van der Waals surface area contributed by atoms with Gasteiger partial charge in [0, 0.05) is 17.6 Å². The third-order valence-electron chi connectivity index (χ3n) is 3.13. The van der Waals surface area contributed by atoms with Crippen molar-refractivity contribution in [1.29, 1.82) is 0 Å². The quantitative estimate of drug-likeness (QED) is 0.883. The second kappa shape index (κ2) is 6.85. The Morgan fingerprint density at radius 1 is 1.00 bits per heavy atom. The number of benzene rings is 2. The molecular weight excluding hydrogens is 302 g/mol. The lowest BCUT2D eigenvalue weighted by molar-refractivity contribution is 0.280. The van der Waals surface area contributed by atoms with Gasteiger partial charge in [0.05, 0.1) is 6.61 Å². The first-order chi connectivity index (χ1) is 9.20. The van der Waals surface area contributed by atoms with E-state index in [1.165, 1.54) is 11.1 Å². The number of nitrogens with one attached hydrogen (secondary N) is 1. The van der Waals surface area contributed by atoms with E-state index in [-0.39, 0.29) is 6.61 Å². The summed E-state index contributed by atoms with van der Waals surface area (Å²) in [7, 11) is 0. The van der Waals surface area contributed by atoms with Crippen LogP contribution in [0, 0.1) is 6.92 Å². The molecule has 0 unspecified atom stereocenters. The van der Waals surface area contributed by atoms with Crippen molar-refractivity contribution < 1.29 is 5.11 Å². The van der Waals surface area contributed by atoms with Crippen molar-refractivity contribution in [2.24, 2.45) is 0 Å². The van der Waals surface area contributed by atoms with Crippen LogP contribution in [0.4, 0.5) is 0 Å². The molecule has 2 aromatic carbocycles. The standard InChI is InChI=1S/C16H18BrNO/c1-12-6-7-14(16(17)8-12)10-18-9-13-4-2-3-5-15(13)11-19/h2-8,18-19H,9-11H2,1H3. The Morgan fingerprint density at radius 2 is 1.68 bits per heavy atom. The van der Waals surface area contributed by atoms with E-state index in [1.807, 2.05) is 24.3 Å². The molecule has 2 rings (SSSR count). The van der Waals surface area contributed by atoms with E-state index < -0.39 is 0 Å². The maximum atomic E-state index is 9.27. The lowest BCUT2D eigenvalue weighted by atomic mass is 10.1. The van der Waals surface area contributed by atoms with Crippen molar-refractivity contribution in [1.82, 2.24) is 5.32 Å². The Labute approximate surface area is 122 Å². The van der Waals surface area contributed by atoms with E-state index in [9.17, 15) is 5.11 Å². The summed E-state index contributed by atoms with van der Waals surface area (Å²) in [6, 6.07) is 14.3. The Hall–Kier alpha value is -1.16. The van der Waals surface area contributed by atoms with Crippen LogP contribution in [-0.2, 0) is 19.7 Å². The van der Waals surface area contributed by atoms with Crippen LogP contribution < -0.4 is 5.32 Å². The summed E-state index contributed by atoms with van der Waals surface area (Å²) in [6.45, 7) is 3.74. The van der Waals surface area contributed by atoms with Crippen LogP contribution in [-0.4, -0.2) is 5.11 Å². The molecule has 0 aromatic heterocycles. The summed E-state index contributed by atoms with van der Waals surface area (Å²) in [5, 5.41) is 12.7. The first-order valence-corrected chi connectivity index (χ1v) is 7.13.